The Hall–Kier alpha value is -1.90. The molecule has 0 aliphatic carbocycles. The molecule has 0 bridgehead atoms. The van der Waals surface area contributed by atoms with Crippen LogP contribution in [-0.2, 0) is 10.0 Å². The normalized spacial score (nSPS) is 11.5. The first-order valence-corrected chi connectivity index (χ1v) is 10.4. The van der Waals surface area contributed by atoms with Crippen LogP contribution in [0.25, 0.3) is 0 Å². The fraction of sp³-hybridized carbons (Fsp3) is 0.353. The van der Waals surface area contributed by atoms with Crippen LogP contribution in [0.5, 0.6) is 5.75 Å². The van der Waals surface area contributed by atoms with E-state index in [1.54, 1.807) is 37.4 Å². The van der Waals surface area contributed by atoms with Gasteiger partial charge in [0.1, 0.15) is 5.75 Å². The van der Waals surface area contributed by atoms with E-state index < -0.39 is 10.0 Å². The van der Waals surface area contributed by atoms with Crippen LogP contribution in [0.15, 0.2) is 40.6 Å². The van der Waals surface area contributed by atoms with Crippen molar-refractivity contribution in [3.8, 4) is 5.75 Å². The second-order valence-corrected chi connectivity index (χ2v) is 8.00. The third-order valence-corrected chi connectivity index (χ3v) is 6.50. The molecule has 0 saturated heterocycles. The molecule has 2 rings (SSSR count). The summed E-state index contributed by atoms with van der Waals surface area (Å²) in [4.78, 5) is 13.0. The Balaban J connectivity index is 2.41. The monoisotopic (exact) mass is 382 g/mol. The lowest BCUT2D eigenvalue weighted by molar-refractivity contribution is 0.103. The molecule has 0 saturated carbocycles. The Morgan fingerprint density at radius 3 is 2.48 bits per heavy atom. The van der Waals surface area contributed by atoms with Gasteiger partial charge >= 0.3 is 0 Å². The van der Waals surface area contributed by atoms with Crippen LogP contribution in [-0.4, -0.2) is 38.3 Å². The van der Waals surface area contributed by atoms with E-state index in [0.717, 1.165) is 0 Å². The number of benzene rings is 1. The minimum Gasteiger partial charge on any atom is -0.492 e. The molecule has 1 aromatic heterocycles. The molecule has 0 spiro atoms. The molecule has 0 fully saturated rings. The SMILES string of the molecule is CCOc1ccc(S(=O)(=O)N(CC)CC)cc1NC(=O)c1cccs1. The molecule has 0 aliphatic rings. The van der Waals surface area contributed by atoms with Gasteiger partial charge in [-0.1, -0.05) is 19.9 Å². The van der Waals surface area contributed by atoms with Gasteiger partial charge in [0.05, 0.1) is 22.1 Å². The van der Waals surface area contributed by atoms with Gasteiger partial charge in [0.15, 0.2) is 0 Å². The van der Waals surface area contributed by atoms with Crippen molar-refractivity contribution in [3.05, 3.63) is 40.6 Å². The number of ether oxygens (including phenoxy) is 1. The van der Waals surface area contributed by atoms with E-state index in [-0.39, 0.29) is 10.8 Å². The summed E-state index contributed by atoms with van der Waals surface area (Å²) in [7, 11) is -3.62. The molecule has 0 aliphatic heterocycles. The highest BCUT2D eigenvalue weighted by Crippen LogP contribution is 2.30. The third-order valence-electron chi connectivity index (χ3n) is 3.59. The number of carbonyl (C=O) groups excluding carboxylic acids is 1. The van der Waals surface area contributed by atoms with Gasteiger partial charge in [-0.15, -0.1) is 11.3 Å². The minimum atomic E-state index is -3.62. The Kier molecular flexibility index (Phi) is 6.57. The predicted molar refractivity (Wildman–Crippen MR) is 100.0 cm³/mol. The Bertz CT molecular complexity index is 813. The van der Waals surface area contributed by atoms with E-state index in [9.17, 15) is 13.2 Å². The predicted octanol–water partition coefficient (Wildman–Crippen LogP) is 3.43. The molecule has 1 amide bonds. The smallest absolute Gasteiger partial charge is 0.265 e. The largest absolute Gasteiger partial charge is 0.492 e. The standard InChI is InChI=1S/C17H22N2O4S2/c1-4-19(5-2)25(21,22)13-9-10-15(23-6-3)14(12-13)18-17(20)16-8-7-11-24-16/h7-12H,4-6H2,1-3H3,(H,18,20). The van der Waals surface area contributed by atoms with Gasteiger partial charge in [0.25, 0.3) is 5.91 Å². The van der Waals surface area contributed by atoms with Gasteiger partial charge in [-0.25, -0.2) is 8.42 Å². The van der Waals surface area contributed by atoms with E-state index in [1.807, 2.05) is 6.92 Å². The van der Waals surface area contributed by atoms with Crippen LogP contribution in [0.1, 0.15) is 30.4 Å². The van der Waals surface area contributed by atoms with Crippen molar-refractivity contribution < 1.29 is 17.9 Å². The van der Waals surface area contributed by atoms with Crippen molar-refractivity contribution in [2.45, 2.75) is 25.7 Å². The maximum Gasteiger partial charge on any atom is 0.265 e. The zero-order valence-electron chi connectivity index (χ0n) is 14.5. The number of nitrogens with zero attached hydrogens (tertiary/aromatic N) is 1. The number of thiophene rings is 1. The molecule has 8 heteroatoms. The van der Waals surface area contributed by atoms with Crippen molar-refractivity contribution in [2.24, 2.45) is 0 Å². The number of hydrogen-bond acceptors (Lipinski definition) is 5. The molecule has 0 unspecified atom stereocenters. The fourth-order valence-corrected chi connectivity index (χ4v) is 4.46. The summed E-state index contributed by atoms with van der Waals surface area (Å²) in [6.45, 7) is 6.56. The van der Waals surface area contributed by atoms with E-state index in [2.05, 4.69) is 5.32 Å². The second-order valence-electron chi connectivity index (χ2n) is 5.11. The van der Waals surface area contributed by atoms with Gasteiger partial charge in [-0.05, 0) is 36.6 Å². The minimum absolute atomic E-state index is 0.126. The summed E-state index contributed by atoms with van der Waals surface area (Å²) < 4.78 is 32.3. The number of nitrogens with one attached hydrogen (secondary N) is 1. The van der Waals surface area contributed by atoms with E-state index in [4.69, 9.17) is 4.74 Å². The Labute approximate surface area is 152 Å². The first-order chi connectivity index (χ1) is 11.9. The van der Waals surface area contributed by atoms with Crippen molar-refractivity contribution >= 4 is 33.0 Å². The summed E-state index contributed by atoms with van der Waals surface area (Å²) in [5.74, 6) is 0.138. The van der Waals surface area contributed by atoms with E-state index >= 15 is 0 Å². The number of rotatable bonds is 8. The average molecular weight is 383 g/mol. The van der Waals surface area contributed by atoms with Gasteiger partial charge in [0, 0.05) is 13.1 Å². The number of sulfonamides is 1. The zero-order valence-corrected chi connectivity index (χ0v) is 16.1. The first-order valence-electron chi connectivity index (χ1n) is 8.05. The van der Waals surface area contributed by atoms with Crippen molar-refractivity contribution in [1.82, 2.24) is 4.31 Å². The van der Waals surface area contributed by atoms with Gasteiger partial charge in [0.2, 0.25) is 10.0 Å². The van der Waals surface area contributed by atoms with Gasteiger partial charge < -0.3 is 10.1 Å². The molecule has 1 N–H and O–H groups in total. The Morgan fingerprint density at radius 1 is 1.20 bits per heavy atom. The maximum atomic E-state index is 12.7. The second kappa shape index (κ2) is 8.46. The molecule has 0 atom stereocenters. The Morgan fingerprint density at radius 2 is 1.92 bits per heavy atom. The van der Waals surface area contributed by atoms with Crippen molar-refractivity contribution in [3.63, 3.8) is 0 Å². The average Bonchev–Trinajstić information content (AvgIpc) is 3.12. The lowest BCUT2D eigenvalue weighted by atomic mass is 10.3. The molecule has 0 radical (unpaired) electrons. The first kappa shape index (κ1) is 19.4. The van der Waals surface area contributed by atoms with Crippen LogP contribution < -0.4 is 10.1 Å². The molecule has 136 valence electrons. The van der Waals surface area contributed by atoms with Crippen LogP contribution >= 0.6 is 11.3 Å². The van der Waals surface area contributed by atoms with Crippen LogP contribution in [0, 0.1) is 0 Å². The number of carbonyl (C=O) groups is 1. The quantitative estimate of drug-likeness (QED) is 0.759. The summed E-state index contributed by atoms with van der Waals surface area (Å²) in [5, 5.41) is 4.55. The van der Waals surface area contributed by atoms with Crippen LogP contribution in [0.3, 0.4) is 0 Å². The topological polar surface area (TPSA) is 75.7 Å². The number of amides is 1. The molecule has 6 nitrogen and oxygen atoms in total. The highest BCUT2D eigenvalue weighted by atomic mass is 32.2. The molecule has 25 heavy (non-hydrogen) atoms. The van der Waals surface area contributed by atoms with Crippen molar-refractivity contribution in [2.75, 3.05) is 25.0 Å². The highest BCUT2D eigenvalue weighted by Gasteiger charge is 2.23. The summed E-state index contributed by atoms with van der Waals surface area (Å²) in [6.07, 6.45) is 0. The van der Waals surface area contributed by atoms with E-state index in [0.29, 0.717) is 36.0 Å². The summed E-state index contributed by atoms with van der Waals surface area (Å²) in [5.41, 5.74) is 0.341. The molecule has 2 aromatic rings. The lowest BCUT2D eigenvalue weighted by Crippen LogP contribution is -2.30. The van der Waals surface area contributed by atoms with Gasteiger partial charge in [-0.3, -0.25) is 4.79 Å². The molecule has 1 aromatic carbocycles. The van der Waals surface area contributed by atoms with Crippen molar-refractivity contribution in [1.29, 1.82) is 0 Å². The van der Waals surface area contributed by atoms with Gasteiger partial charge in [-0.2, -0.15) is 4.31 Å². The zero-order chi connectivity index (χ0) is 18.4. The number of hydrogen-bond donors (Lipinski definition) is 1. The lowest BCUT2D eigenvalue weighted by Gasteiger charge is -2.20. The maximum absolute atomic E-state index is 12.7. The molecular formula is C17H22N2O4S2. The number of anilines is 1. The molecule has 1 heterocycles. The summed E-state index contributed by atoms with van der Waals surface area (Å²) >= 11 is 1.31. The van der Waals surface area contributed by atoms with E-state index in [1.165, 1.54) is 27.8 Å². The molecular weight excluding hydrogens is 360 g/mol. The highest BCUT2D eigenvalue weighted by molar-refractivity contribution is 7.89. The fourth-order valence-electron chi connectivity index (χ4n) is 2.35. The summed E-state index contributed by atoms with van der Waals surface area (Å²) in [6, 6.07) is 8.01. The third kappa shape index (κ3) is 4.39. The van der Waals surface area contributed by atoms with Crippen LogP contribution in [0.4, 0.5) is 5.69 Å². The van der Waals surface area contributed by atoms with Crippen LogP contribution in [0.2, 0.25) is 0 Å².